The molecule has 0 spiro atoms. The summed E-state index contributed by atoms with van der Waals surface area (Å²) >= 11 is 0. The van der Waals surface area contributed by atoms with Crippen LogP contribution in [0.3, 0.4) is 0 Å². The monoisotopic (exact) mass is 261 g/mol. The van der Waals surface area contributed by atoms with Crippen molar-refractivity contribution < 1.29 is 0 Å². The van der Waals surface area contributed by atoms with Crippen molar-refractivity contribution in [2.24, 2.45) is 0 Å². The molecule has 0 saturated carbocycles. The van der Waals surface area contributed by atoms with E-state index in [1.165, 1.54) is 5.69 Å². The van der Waals surface area contributed by atoms with Gasteiger partial charge in [-0.2, -0.15) is 0 Å². The Bertz CT molecular complexity index is 511. The minimum Gasteiger partial charge on any atom is -0.334 e. The van der Waals surface area contributed by atoms with Gasteiger partial charge in [0.15, 0.2) is 0 Å². The van der Waals surface area contributed by atoms with Gasteiger partial charge in [-0.15, -0.1) is 0 Å². The summed E-state index contributed by atoms with van der Waals surface area (Å²) in [4.78, 5) is 10.8. The lowest BCUT2D eigenvalue weighted by atomic mass is 10.3. The van der Waals surface area contributed by atoms with E-state index < -0.39 is 0 Å². The first-order chi connectivity index (χ1) is 9.08. The SMILES string of the molecule is Cc1nccn1CCN(C)Cc1cncn1C(C)C. The number of hydrogen-bond donors (Lipinski definition) is 0. The third kappa shape index (κ3) is 3.44. The zero-order chi connectivity index (χ0) is 13.8. The number of aromatic nitrogens is 4. The average molecular weight is 261 g/mol. The molecule has 0 radical (unpaired) electrons. The molecule has 5 nitrogen and oxygen atoms in total. The fourth-order valence-corrected chi connectivity index (χ4v) is 2.19. The van der Waals surface area contributed by atoms with Gasteiger partial charge >= 0.3 is 0 Å². The molecule has 0 unspecified atom stereocenters. The van der Waals surface area contributed by atoms with Gasteiger partial charge in [0, 0.05) is 44.3 Å². The number of hydrogen-bond acceptors (Lipinski definition) is 3. The van der Waals surface area contributed by atoms with Gasteiger partial charge in [0.25, 0.3) is 0 Å². The van der Waals surface area contributed by atoms with Crippen molar-refractivity contribution >= 4 is 0 Å². The van der Waals surface area contributed by atoms with Gasteiger partial charge < -0.3 is 9.13 Å². The molecule has 19 heavy (non-hydrogen) atoms. The van der Waals surface area contributed by atoms with E-state index in [2.05, 4.69) is 44.9 Å². The second kappa shape index (κ2) is 6.02. The van der Waals surface area contributed by atoms with Crippen LogP contribution < -0.4 is 0 Å². The van der Waals surface area contributed by atoms with Crippen LogP contribution in [0.4, 0.5) is 0 Å². The average Bonchev–Trinajstić information content (AvgIpc) is 2.95. The molecule has 2 rings (SSSR count). The Morgan fingerprint density at radius 1 is 1.37 bits per heavy atom. The van der Waals surface area contributed by atoms with Crippen LogP contribution in [0.2, 0.25) is 0 Å². The topological polar surface area (TPSA) is 38.9 Å². The second-order valence-corrected chi connectivity index (χ2v) is 5.29. The molecule has 0 saturated heterocycles. The van der Waals surface area contributed by atoms with Crippen molar-refractivity contribution in [1.29, 1.82) is 0 Å². The molecule has 0 atom stereocenters. The lowest BCUT2D eigenvalue weighted by Gasteiger charge is -2.19. The van der Waals surface area contributed by atoms with Crippen LogP contribution in [0.1, 0.15) is 31.4 Å². The molecule has 0 aromatic carbocycles. The quantitative estimate of drug-likeness (QED) is 0.799. The second-order valence-electron chi connectivity index (χ2n) is 5.29. The number of rotatable bonds is 6. The molecule has 0 aliphatic carbocycles. The summed E-state index contributed by atoms with van der Waals surface area (Å²) in [6, 6.07) is 0.460. The van der Waals surface area contributed by atoms with Crippen LogP contribution in [0.5, 0.6) is 0 Å². The summed E-state index contributed by atoms with van der Waals surface area (Å²) in [6.07, 6.45) is 7.75. The number of imidazole rings is 2. The highest BCUT2D eigenvalue weighted by Gasteiger charge is 2.08. The van der Waals surface area contributed by atoms with Gasteiger partial charge in [0.2, 0.25) is 0 Å². The van der Waals surface area contributed by atoms with Crippen molar-refractivity contribution in [3.8, 4) is 0 Å². The summed E-state index contributed by atoms with van der Waals surface area (Å²) in [7, 11) is 2.14. The van der Waals surface area contributed by atoms with Gasteiger partial charge in [-0.1, -0.05) is 0 Å². The normalized spacial score (nSPS) is 11.7. The van der Waals surface area contributed by atoms with E-state index in [0.29, 0.717) is 6.04 Å². The van der Waals surface area contributed by atoms with Crippen molar-refractivity contribution in [3.63, 3.8) is 0 Å². The molecule has 5 heteroatoms. The Morgan fingerprint density at radius 2 is 2.16 bits per heavy atom. The first kappa shape index (κ1) is 13.8. The van der Waals surface area contributed by atoms with Crippen LogP contribution >= 0.6 is 0 Å². The van der Waals surface area contributed by atoms with Gasteiger partial charge in [0.05, 0.1) is 12.0 Å². The summed E-state index contributed by atoms with van der Waals surface area (Å²) in [5.74, 6) is 1.07. The summed E-state index contributed by atoms with van der Waals surface area (Å²) in [6.45, 7) is 9.29. The summed E-state index contributed by atoms with van der Waals surface area (Å²) in [5.41, 5.74) is 1.26. The Hall–Kier alpha value is -1.62. The van der Waals surface area contributed by atoms with Crippen LogP contribution in [0.15, 0.2) is 24.9 Å². The van der Waals surface area contributed by atoms with Crippen molar-refractivity contribution in [3.05, 3.63) is 36.4 Å². The Labute approximate surface area is 114 Å². The van der Waals surface area contributed by atoms with Crippen LogP contribution in [-0.4, -0.2) is 37.6 Å². The zero-order valence-electron chi connectivity index (χ0n) is 12.2. The lowest BCUT2D eigenvalue weighted by molar-refractivity contribution is 0.300. The molecule has 2 heterocycles. The van der Waals surface area contributed by atoms with E-state index >= 15 is 0 Å². The maximum atomic E-state index is 4.24. The molecule has 0 N–H and O–H groups in total. The largest absolute Gasteiger partial charge is 0.334 e. The van der Waals surface area contributed by atoms with Gasteiger partial charge in [0.1, 0.15) is 5.82 Å². The highest BCUT2D eigenvalue weighted by atomic mass is 15.2. The molecule has 0 aliphatic rings. The smallest absolute Gasteiger partial charge is 0.105 e. The fourth-order valence-electron chi connectivity index (χ4n) is 2.19. The highest BCUT2D eigenvalue weighted by Crippen LogP contribution is 2.10. The molecular weight excluding hydrogens is 238 g/mol. The molecule has 0 bridgehead atoms. The van der Waals surface area contributed by atoms with Gasteiger partial charge in [-0.05, 0) is 27.8 Å². The van der Waals surface area contributed by atoms with Crippen molar-refractivity contribution in [2.45, 2.75) is 39.9 Å². The van der Waals surface area contributed by atoms with Crippen LogP contribution in [0.25, 0.3) is 0 Å². The standard InChI is InChI=1S/C14H23N5/c1-12(2)19-11-15-9-14(19)10-17(4)7-8-18-6-5-16-13(18)3/h5-6,9,11-12H,7-8,10H2,1-4H3. The summed E-state index contributed by atoms with van der Waals surface area (Å²) < 4.78 is 4.40. The van der Waals surface area contributed by atoms with Crippen LogP contribution in [-0.2, 0) is 13.1 Å². The van der Waals surface area contributed by atoms with E-state index in [1.54, 1.807) is 0 Å². The lowest BCUT2D eigenvalue weighted by Crippen LogP contribution is -2.24. The zero-order valence-corrected chi connectivity index (χ0v) is 12.2. The van der Waals surface area contributed by atoms with Crippen LogP contribution in [0, 0.1) is 6.92 Å². The number of nitrogens with zero attached hydrogens (tertiary/aromatic N) is 5. The number of likely N-dealkylation sites (N-methyl/N-ethyl adjacent to an activating group) is 1. The third-order valence-corrected chi connectivity index (χ3v) is 3.38. The first-order valence-corrected chi connectivity index (χ1v) is 6.75. The van der Waals surface area contributed by atoms with E-state index in [9.17, 15) is 0 Å². The molecular formula is C14H23N5. The molecule has 104 valence electrons. The van der Waals surface area contributed by atoms with E-state index in [-0.39, 0.29) is 0 Å². The van der Waals surface area contributed by atoms with E-state index in [0.717, 1.165) is 25.5 Å². The van der Waals surface area contributed by atoms with E-state index in [1.807, 2.05) is 31.8 Å². The molecule has 2 aromatic rings. The Balaban J connectivity index is 1.89. The fraction of sp³-hybridized carbons (Fsp3) is 0.571. The summed E-state index contributed by atoms with van der Waals surface area (Å²) in [5, 5.41) is 0. The minimum atomic E-state index is 0.460. The van der Waals surface area contributed by atoms with Crippen molar-refractivity contribution in [1.82, 2.24) is 24.0 Å². The molecule has 0 fully saturated rings. The maximum absolute atomic E-state index is 4.24. The maximum Gasteiger partial charge on any atom is 0.105 e. The number of aryl methyl sites for hydroxylation is 1. The predicted molar refractivity (Wildman–Crippen MR) is 75.9 cm³/mol. The van der Waals surface area contributed by atoms with Gasteiger partial charge in [-0.25, -0.2) is 9.97 Å². The molecule has 0 aliphatic heterocycles. The predicted octanol–water partition coefficient (Wildman–Crippen LogP) is 2.10. The molecule has 2 aromatic heterocycles. The van der Waals surface area contributed by atoms with Crippen molar-refractivity contribution in [2.75, 3.05) is 13.6 Å². The first-order valence-electron chi connectivity index (χ1n) is 6.75. The third-order valence-electron chi connectivity index (χ3n) is 3.38. The van der Waals surface area contributed by atoms with Gasteiger partial charge in [-0.3, -0.25) is 4.90 Å². The van der Waals surface area contributed by atoms with E-state index in [4.69, 9.17) is 0 Å². The highest BCUT2D eigenvalue weighted by molar-refractivity contribution is 4.99. The Kier molecular flexibility index (Phi) is 4.37. The minimum absolute atomic E-state index is 0.460. The molecule has 0 amide bonds. The Morgan fingerprint density at radius 3 is 2.79 bits per heavy atom.